The highest BCUT2D eigenvalue weighted by molar-refractivity contribution is 5.86. The largest absolute Gasteiger partial charge is 0.495 e. The van der Waals surface area contributed by atoms with Crippen LogP contribution in [0, 0.1) is 6.92 Å². The summed E-state index contributed by atoms with van der Waals surface area (Å²) < 4.78 is 11.3. The molecule has 0 spiro atoms. The maximum absolute atomic E-state index is 5.93. The topological polar surface area (TPSA) is 99.1 Å². The molecular formula is C19H17N5O2. The number of aryl methyl sites for hydroxylation is 1. The smallest absolute Gasteiger partial charge is 0.232 e. The number of hydrogen-bond donors (Lipinski definition) is 2. The molecule has 26 heavy (non-hydrogen) atoms. The number of benzene rings is 2. The van der Waals surface area contributed by atoms with E-state index in [0.29, 0.717) is 23.3 Å². The SMILES string of the molecule is COc1ccccc1Nc1nc(N)nc(-c2oc3ccccc3c2C)n1. The first-order valence-corrected chi connectivity index (χ1v) is 8.06. The molecule has 7 heteroatoms. The van der Waals surface area contributed by atoms with Crippen LogP contribution in [0.25, 0.3) is 22.6 Å². The van der Waals surface area contributed by atoms with E-state index in [4.69, 9.17) is 14.9 Å². The van der Waals surface area contributed by atoms with E-state index in [0.717, 1.165) is 22.2 Å². The highest BCUT2D eigenvalue weighted by Gasteiger charge is 2.17. The van der Waals surface area contributed by atoms with Crippen molar-refractivity contribution in [1.82, 2.24) is 15.0 Å². The molecule has 4 rings (SSSR count). The third kappa shape index (κ3) is 2.79. The number of ether oxygens (including phenoxy) is 1. The van der Waals surface area contributed by atoms with E-state index in [-0.39, 0.29) is 5.95 Å². The van der Waals surface area contributed by atoms with Crippen LogP contribution in [0.4, 0.5) is 17.6 Å². The van der Waals surface area contributed by atoms with Crippen LogP contribution >= 0.6 is 0 Å². The van der Waals surface area contributed by atoms with Gasteiger partial charge in [-0.1, -0.05) is 30.3 Å². The molecule has 4 aromatic rings. The fourth-order valence-corrected chi connectivity index (χ4v) is 2.81. The third-order valence-corrected chi connectivity index (χ3v) is 4.05. The summed E-state index contributed by atoms with van der Waals surface area (Å²) in [6, 6.07) is 15.3. The minimum absolute atomic E-state index is 0.104. The highest BCUT2D eigenvalue weighted by atomic mass is 16.5. The van der Waals surface area contributed by atoms with Crippen LogP contribution < -0.4 is 15.8 Å². The van der Waals surface area contributed by atoms with E-state index in [1.54, 1.807) is 7.11 Å². The number of rotatable bonds is 4. The Labute approximate surface area is 149 Å². The maximum atomic E-state index is 5.93. The van der Waals surface area contributed by atoms with Gasteiger partial charge in [0.25, 0.3) is 0 Å². The Morgan fingerprint density at radius 3 is 2.58 bits per heavy atom. The Hall–Kier alpha value is -3.61. The lowest BCUT2D eigenvalue weighted by Crippen LogP contribution is -2.05. The van der Waals surface area contributed by atoms with Crippen molar-refractivity contribution in [3.05, 3.63) is 54.1 Å². The lowest BCUT2D eigenvalue weighted by Gasteiger charge is -2.10. The molecule has 7 nitrogen and oxygen atoms in total. The number of furan rings is 1. The second kappa shape index (κ2) is 6.36. The molecule has 0 fully saturated rings. The summed E-state index contributed by atoms with van der Waals surface area (Å²) in [5.74, 6) is 2.05. The van der Waals surface area contributed by atoms with Crippen molar-refractivity contribution in [2.75, 3.05) is 18.2 Å². The molecule has 0 saturated heterocycles. The second-order valence-corrected chi connectivity index (χ2v) is 5.72. The number of nitrogens with two attached hydrogens (primary N) is 1. The van der Waals surface area contributed by atoms with E-state index in [2.05, 4.69) is 20.3 Å². The van der Waals surface area contributed by atoms with Crippen LogP contribution in [0.5, 0.6) is 5.75 Å². The number of hydrogen-bond acceptors (Lipinski definition) is 7. The van der Waals surface area contributed by atoms with Gasteiger partial charge in [-0.05, 0) is 25.1 Å². The first-order chi connectivity index (χ1) is 12.7. The van der Waals surface area contributed by atoms with Crippen molar-refractivity contribution >= 4 is 28.6 Å². The van der Waals surface area contributed by atoms with Crippen molar-refractivity contribution in [3.8, 4) is 17.3 Å². The monoisotopic (exact) mass is 347 g/mol. The molecule has 0 aliphatic heterocycles. The van der Waals surface area contributed by atoms with Gasteiger partial charge in [0.2, 0.25) is 17.7 Å². The zero-order valence-corrected chi connectivity index (χ0v) is 14.4. The zero-order valence-electron chi connectivity index (χ0n) is 14.4. The Balaban J connectivity index is 1.78. The molecule has 3 N–H and O–H groups in total. The first-order valence-electron chi connectivity index (χ1n) is 8.06. The van der Waals surface area contributed by atoms with E-state index < -0.39 is 0 Å². The quantitative estimate of drug-likeness (QED) is 0.577. The molecule has 0 aliphatic carbocycles. The van der Waals surface area contributed by atoms with E-state index in [9.17, 15) is 0 Å². The van der Waals surface area contributed by atoms with Crippen LogP contribution in [0.1, 0.15) is 5.56 Å². The van der Waals surface area contributed by atoms with Crippen molar-refractivity contribution in [2.45, 2.75) is 6.92 Å². The summed E-state index contributed by atoms with van der Waals surface area (Å²) in [5.41, 5.74) is 8.35. The number of methoxy groups -OCH3 is 1. The second-order valence-electron chi connectivity index (χ2n) is 5.72. The van der Waals surface area contributed by atoms with Crippen molar-refractivity contribution in [2.24, 2.45) is 0 Å². The number of nitrogen functional groups attached to an aromatic ring is 1. The van der Waals surface area contributed by atoms with Crippen LogP contribution in [0.15, 0.2) is 52.9 Å². The molecule has 0 bridgehead atoms. The molecule has 0 saturated carbocycles. The summed E-state index contributed by atoms with van der Waals surface area (Å²) >= 11 is 0. The summed E-state index contributed by atoms with van der Waals surface area (Å²) in [4.78, 5) is 12.9. The van der Waals surface area contributed by atoms with Crippen LogP contribution in [0.3, 0.4) is 0 Å². The number of para-hydroxylation sites is 3. The molecule has 130 valence electrons. The molecule has 0 aliphatic rings. The van der Waals surface area contributed by atoms with Gasteiger partial charge >= 0.3 is 0 Å². The van der Waals surface area contributed by atoms with Gasteiger partial charge in [0.15, 0.2) is 5.76 Å². The minimum atomic E-state index is 0.104. The van der Waals surface area contributed by atoms with Gasteiger partial charge in [0.05, 0.1) is 12.8 Å². The fourth-order valence-electron chi connectivity index (χ4n) is 2.81. The van der Waals surface area contributed by atoms with Gasteiger partial charge in [-0.25, -0.2) is 0 Å². The molecular weight excluding hydrogens is 330 g/mol. The van der Waals surface area contributed by atoms with Gasteiger partial charge in [0, 0.05) is 10.9 Å². The molecule has 0 atom stereocenters. The Morgan fingerprint density at radius 1 is 1.00 bits per heavy atom. The van der Waals surface area contributed by atoms with Crippen LogP contribution in [-0.2, 0) is 0 Å². The zero-order chi connectivity index (χ0) is 18.1. The maximum Gasteiger partial charge on any atom is 0.232 e. The number of nitrogens with one attached hydrogen (secondary N) is 1. The fraction of sp³-hybridized carbons (Fsp3) is 0.105. The van der Waals surface area contributed by atoms with Gasteiger partial charge < -0.3 is 20.2 Å². The number of aromatic nitrogens is 3. The summed E-state index contributed by atoms with van der Waals surface area (Å²) in [6.07, 6.45) is 0. The predicted octanol–water partition coefficient (Wildman–Crippen LogP) is 3.93. The lowest BCUT2D eigenvalue weighted by atomic mass is 10.1. The van der Waals surface area contributed by atoms with Crippen molar-refractivity contribution in [3.63, 3.8) is 0 Å². The average Bonchev–Trinajstić information content (AvgIpc) is 2.99. The van der Waals surface area contributed by atoms with E-state index >= 15 is 0 Å². The van der Waals surface area contributed by atoms with Gasteiger partial charge in [-0.15, -0.1) is 0 Å². The predicted molar refractivity (Wildman–Crippen MR) is 100 cm³/mol. The molecule has 2 heterocycles. The Bertz CT molecular complexity index is 1090. The van der Waals surface area contributed by atoms with Gasteiger partial charge in [-0.2, -0.15) is 15.0 Å². The number of nitrogens with zero attached hydrogens (tertiary/aromatic N) is 3. The summed E-state index contributed by atoms with van der Waals surface area (Å²) in [7, 11) is 1.60. The normalized spacial score (nSPS) is 10.8. The molecule has 0 unspecified atom stereocenters. The van der Waals surface area contributed by atoms with E-state index in [1.165, 1.54) is 0 Å². The standard InChI is InChI=1S/C19H17N5O2/c1-11-12-7-3-5-9-14(12)26-16(11)17-22-18(20)24-19(23-17)21-13-8-4-6-10-15(13)25-2/h3-10H,1-2H3,(H3,20,21,22,23,24). The van der Waals surface area contributed by atoms with Crippen molar-refractivity contribution < 1.29 is 9.15 Å². The molecule has 0 amide bonds. The van der Waals surface area contributed by atoms with Crippen molar-refractivity contribution in [1.29, 1.82) is 0 Å². The van der Waals surface area contributed by atoms with Crippen LogP contribution in [-0.4, -0.2) is 22.1 Å². The third-order valence-electron chi connectivity index (χ3n) is 4.05. The summed E-state index contributed by atoms with van der Waals surface area (Å²) in [5, 5.41) is 4.13. The Kier molecular flexibility index (Phi) is 3.89. The minimum Gasteiger partial charge on any atom is -0.495 e. The average molecular weight is 347 g/mol. The lowest BCUT2D eigenvalue weighted by molar-refractivity contribution is 0.417. The molecule has 2 aromatic carbocycles. The first kappa shape index (κ1) is 15.9. The number of anilines is 3. The number of fused-ring (bicyclic) bond motifs is 1. The Morgan fingerprint density at radius 2 is 1.77 bits per heavy atom. The van der Waals surface area contributed by atoms with E-state index in [1.807, 2.05) is 55.5 Å². The molecule has 2 aromatic heterocycles. The molecule has 0 radical (unpaired) electrons. The van der Waals surface area contributed by atoms with Gasteiger partial charge in [0.1, 0.15) is 11.3 Å². The van der Waals surface area contributed by atoms with Gasteiger partial charge in [-0.3, -0.25) is 0 Å². The highest BCUT2D eigenvalue weighted by Crippen LogP contribution is 2.32. The summed E-state index contributed by atoms with van der Waals surface area (Å²) in [6.45, 7) is 1.97. The van der Waals surface area contributed by atoms with Crippen LogP contribution in [0.2, 0.25) is 0 Å².